The number of hydrogen-bond donors (Lipinski definition) is 1. The minimum absolute atomic E-state index is 0.169. The number of nitrogens with one attached hydrogen (secondary N) is 1. The number of aromatic nitrogens is 4. The molecule has 0 aliphatic heterocycles. The largest absolute Gasteiger partial charge is 0.493 e. The van der Waals surface area contributed by atoms with Gasteiger partial charge in [-0.1, -0.05) is 6.07 Å². The van der Waals surface area contributed by atoms with Crippen LogP contribution in [0.4, 0.5) is 0 Å². The number of hydrogen-bond acceptors (Lipinski definition) is 7. The summed E-state index contributed by atoms with van der Waals surface area (Å²) < 4.78 is 13.0. The second-order valence-electron chi connectivity index (χ2n) is 7.77. The Morgan fingerprint density at radius 3 is 2.40 bits per heavy atom. The van der Waals surface area contributed by atoms with E-state index in [0.717, 1.165) is 11.1 Å². The third kappa shape index (κ3) is 5.21. The van der Waals surface area contributed by atoms with Crippen molar-refractivity contribution in [1.82, 2.24) is 24.4 Å². The lowest BCUT2D eigenvalue weighted by Gasteiger charge is -2.14. The predicted octanol–water partition coefficient (Wildman–Crippen LogP) is 1.38. The Labute approximate surface area is 200 Å². The first-order valence-electron chi connectivity index (χ1n) is 11.0. The molecule has 4 rings (SSSR count). The molecule has 0 spiro atoms. The van der Waals surface area contributed by atoms with E-state index in [-0.39, 0.29) is 19.0 Å². The Morgan fingerprint density at radius 2 is 1.66 bits per heavy atom. The summed E-state index contributed by atoms with van der Waals surface area (Å²) in [7, 11) is 3.13. The van der Waals surface area contributed by atoms with E-state index in [1.807, 2.05) is 12.1 Å². The van der Waals surface area contributed by atoms with E-state index in [2.05, 4.69) is 15.3 Å². The number of pyridine rings is 2. The molecule has 0 aliphatic carbocycles. The van der Waals surface area contributed by atoms with E-state index < -0.39 is 11.1 Å². The molecule has 1 amide bonds. The van der Waals surface area contributed by atoms with Crippen LogP contribution >= 0.6 is 0 Å². The van der Waals surface area contributed by atoms with Crippen LogP contribution in [0.5, 0.6) is 11.5 Å². The molecule has 0 bridgehead atoms. The first kappa shape index (κ1) is 23.7. The van der Waals surface area contributed by atoms with Gasteiger partial charge in [0.15, 0.2) is 17.1 Å². The normalized spacial score (nSPS) is 10.8. The molecule has 0 atom stereocenters. The summed E-state index contributed by atoms with van der Waals surface area (Å²) in [6.07, 6.45) is 5.33. The molecule has 180 valence electrons. The fourth-order valence-electron chi connectivity index (χ4n) is 3.80. The highest BCUT2D eigenvalue weighted by atomic mass is 16.5. The lowest BCUT2D eigenvalue weighted by atomic mass is 10.1. The Balaban J connectivity index is 1.52. The fourth-order valence-corrected chi connectivity index (χ4v) is 3.80. The second kappa shape index (κ2) is 10.6. The van der Waals surface area contributed by atoms with Crippen LogP contribution in [0.1, 0.15) is 11.1 Å². The number of amides is 1. The topological polar surface area (TPSA) is 117 Å². The minimum Gasteiger partial charge on any atom is -0.493 e. The molecule has 10 heteroatoms. The lowest BCUT2D eigenvalue weighted by Crippen LogP contribution is -2.44. The number of methoxy groups -OCH3 is 2. The van der Waals surface area contributed by atoms with Crippen LogP contribution in [0, 0.1) is 0 Å². The van der Waals surface area contributed by atoms with Gasteiger partial charge in [0.25, 0.3) is 0 Å². The quantitative estimate of drug-likeness (QED) is 0.364. The minimum atomic E-state index is -0.783. The molecule has 1 aromatic carbocycles. The van der Waals surface area contributed by atoms with Gasteiger partial charge in [-0.05, 0) is 53.9 Å². The van der Waals surface area contributed by atoms with E-state index in [9.17, 15) is 14.4 Å². The zero-order valence-electron chi connectivity index (χ0n) is 19.4. The number of benzene rings is 1. The summed E-state index contributed by atoms with van der Waals surface area (Å²) in [6.45, 7) is 0.221. The summed E-state index contributed by atoms with van der Waals surface area (Å²) in [5.41, 5.74) is 0.960. The van der Waals surface area contributed by atoms with Gasteiger partial charge in [-0.2, -0.15) is 0 Å². The molecule has 0 saturated heterocycles. The van der Waals surface area contributed by atoms with Crippen molar-refractivity contribution in [3.63, 3.8) is 0 Å². The van der Waals surface area contributed by atoms with Crippen molar-refractivity contribution >= 4 is 17.1 Å². The van der Waals surface area contributed by atoms with Crippen LogP contribution in [0.25, 0.3) is 11.2 Å². The van der Waals surface area contributed by atoms with Crippen LogP contribution < -0.4 is 25.9 Å². The molecule has 4 aromatic rings. The average Bonchev–Trinajstić information content (AvgIpc) is 2.89. The van der Waals surface area contributed by atoms with Gasteiger partial charge in [0, 0.05) is 25.1 Å². The number of carbonyl (C=O) groups excluding carboxylic acids is 1. The van der Waals surface area contributed by atoms with Crippen molar-refractivity contribution in [3.05, 3.63) is 92.9 Å². The van der Waals surface area contributed by atoms with Gasteiger partial charge in [-0.3, -0.25) is 28.5 Å². The van der Waals surface area contributed by atoms with Gasteiger partial charge in [0.1, 0.15) is 6.54 Å². The predicted molar refractivity (Wildman–Crippen MR) is 130 cm³/mol. The van der Waals surface area contributed by atoms with Gasteiger partial charge in [-0.15, -0.1) is 0 Å². The van der Waals surface area contributed by atoms with Crippen molar-refractivity contribution in [3.8, 4) is 11.5 Å². The molecule has 3 heterocycles. The lowest BCUT2D eigenvalue weighted by molar-refractivity contribution is -0.121. The zero-order valence-corrected chi connectivity index (χ0v) is 19.4. The number of rotatable bonds is 9. The highest BCUT2D eigenvalue weighted by Crippen LogP contribution is 2.27. The third-order valence-electron chi connectivity index (χ3n) is 5.56. The average molecular weight is 476 g/mol. The molecule has 0 saturated carbocycles. The van der Waals surface area contributed by atoms with E-state index in [1.54, 1.807) is 63.1 Å². The van der Waals surface area contributed by atoms with Crippen molar-refractivity contribution in [2.45, 2.75) is 19.5 Å². The van der Waals surface area contributed by atoms with Crippen LogP contribution in [-0.4, -0.2) is 45.8 Å². The number of carbonyl (C=O) groups is 1. The maximum Gasteiger partial charge on any atom is 0.318 e. The summed E-state index contributed by atoms with van der Waals surface area (Å²) >= 11 is 0. The number of nitrogens with zero attached hydrogens (tertiary/aromatic N) is 4. The van der Waals surface area contributed by atoms with E-state index in [0.29, 0.717) is 35.6 Å². The van der Waals surface area contributed by atoms with Crippen LogP contribution in [-0.2, 0) is 24.3 Å². The smallest absolute Gasteiger partial charge is 0.318 e. The molecule has 0 radical (unpaired) electrons. The first-order valence-corrected chi connectivity index (χ1v) is 11.0. The molecule has 35 heavy (non-hydrogen) atoms. The standard InChI is InChI=1S/C25H25N5O5/c1-34-20-6-5-17(14-21(20)35-2)9-13-27-22(31)16-29-19-4-3-10-28-23(19)30(25(33)24(29)32)15-18-7-11-26-12-8-18/h3-8,10-12,14H,9,13,15-16H2,1-2H3,(H,27,31). The number of fused-ring (bicyclic) bond motifs is 1. The maximum atomic E-state index is 12.9. The SMILES string of the molecule is COc1ccc(CCNC(=O)Cn2c(=O)c(=O)n(Cc3ccncc3)c3ncccc32)cc1OC. The molecule has 3 aromatic heterocycles. The first-order chi connectivity index (χ1) is 17.0. The second-order valence-corrected chi connectivity index (χ2v) is 7.77. The molecule has 0 aliphatic rings. The van der Waals surface area contributed by atoms with Crippen molar-refractivity contribution in [1.29, 1.82) is 0 Å². The summed E-state index contributed by atoms with van der Waals surface area (Å²) in [6, 6.07) is 12.4. The molecule has 1 N–H and O–H groups in total. The number of ether oxygens (including phenoxy) is 2. The summed E-state index contributed by atoms with van der Waals surface area (Å²) in [5.74, 6) is 0.844. The molecule has 10 nitrogen and oxygen atoms in total. The van der Waals surface area contributed by atoms with Crippen LogP contribution in [0.2, 0.25) is 0 Å². The maximum absolute atomic E-state index is 12.9. The van der Waals surface area contributed by atoms with Gasteiger partial charge < -0.3 is 14.8 Å². The molecular weight excluding hydrogens is 450 g/mol. The van der Waals surface area contributed by atoms with Gasteiger partial charge in [0.2, 0.25) is 5.91 Å². The molecule has 0 unspecified atom stereocenters. The van der Waals surface area contributed by atoms with Crippen molar-refractivity contribution in [2.24, 2.45) is 0 Å². The van der Waals surface area contributed by atoms with Gasteiger partial charge in [-0.25, -0.2) is 4.98 Å². The molecule has 0 fully saturated rings. The van der Waals surface area contributed by atoms with Gasteiger partial charge >= 0.3 is 11.1 Å². The summed E-state index contributed by atoms with van der Waals surface area (Å²) in [4.78, 5) is 46.8. The van der Waals surface area contributed by atoms with Crippen LogP contribution in [0.3, 0.4) is 0 Å². The fraction of sp³-hybridized carbons (Fsp3) is 0.240. The van der Waals surface area contributed by atoms with E-state index in [1.165, 1.54) is 9.13 Å². The van der Waals surface area contributed by atoms with E-state index in [4.69, 9.17) is 9.47 Å². The van der Waals surface area contributed by atoms with Crippen molar-refractivity contribution in [2.75, 3.05) is 20.8 Å². The highest BCUT2D eigenvalue weighted by molar-refractivity contribution is 5.78. The van der Waals surface area contributed by atoms with Crippen LogP contribution in [0.15, 0.2) is 70.6 Å². The van der Waals surface area contributed by atoms with Gasteiger partial charge in [0.05, 0.1) is 26.3 Å². The van der Waals surface area contributed by atoms with E-state index >= 15 is 0 Å². The highest BCUT2D eigenvalue weighted by Gasteiger charge is 2.16. The third-order valence-corrected chi connectivity index (χ3v) is 5.56. The Morgan fingerprint density at radius 1 is 0.914 bits per heavy atom. The van der Waals surface area contributed by atoms with Crippen molar-refractivity contribution < 1.29 is 14.3 Å². The monoisotopic (exact) mass is 475 g/mol. The zero-order chi connectivity index (χ0) is 24.8. The molecular formula is C25H25N5O5. The Hall–Kier alpha value is -4.47. The Kier molecular flexibility index (Phi) is 7.20. The summed E-state index contributed by atoms with van der Waals surface area (Å²) in [5, 5.41) is 2.80. The Bertz CT molecular complexity index is 1460.